The van der Waals surface area contributed by atoms with Gasteiger partial charge in [0.25, 0.3) is 0 Å². The van der Waals surface area contributed by atoms with E-state index in [4.69, 9.17) is 5.73 Å². The van der Waals surface area contributed by atoms with E-state index in [9.17, 15) is 0 Å². The van der Waals surface area contributed by atoms with Crippen molar-refractivity contribution in [1.29, 1.82) is 0 Å². The van der Waals surface area contributed by atoms with Crippen LogP contribution in [0.15, 0.2) is 23.9 Å². The molecule has 0 aromatic carbocycles. The lowest BCUT2D eigenvalue weighted by Gasteiger charge is -2.11. The number of hydrogen-bond acceptors (Lipinski definition) is 3. The van der Waals surface area contributed by atoms with Crippen LogP contribution >= 0.6 is 0 Å². The first-order chi connectivity index (χ1) is 5.43. The van der Waals surface area contributed by atoms with Crippen molar-refractivity contribution in [2.24, 2.45) is 5.73 Å². The molecule has 0 radical (unpaired) electrons. The fourth-order valence-corrected chi connectivity index (χ4v) is 0.948. The van der Waals surface area contributed by atoms with E-state index in [1.54, 1.807) is 0 Å². The summed E-state index contributed by atoms with van der Waals surface area (Å²) in [5, 5.41) is 6.46. The van der Waals surface area contributed by atoms with Gasteiger partial charge in [-0.3, -0.25) is 0 Å². The predicted molar refractivity (Wildman–Crippen MR) is 47.1 cm³/mol. The lowest BCUT2D eigenvalue weighted by molar-refractivity contribution is 0.698. The Kier molecular flexibility index (Phi) is 3.72. The minimum absolute atomic E-state index is 0.698. The van der Waals surface area contributed by atoms with E-state index in [0.717, 1.165) is 19.6 Å². The maximum absolute atomic E-state index is 5.33. The molecular formula is C8H15N3. The lowest BCUT2D eigenvalue weighted by Crippen LogP contribution is -2.30. The number of dihydropyridines is 1. The van der Waals surface area contributed by atoms with E-state index in [-0.39, 0.29) is 0 Å². The number of nitrogens with one attached hydrogen (secondary N) is 2. The Bertz CT molecular complexity index is 161. The molecule has 1 heterocycles. The molecule has 0 aliphatic carbocycles. The Morgan fingerprint density at radius 3 is 3.18 bits per heavy atom. The highest BCUT2D eigenvalue weighted by molar-refractivity contribution is 5.17. The summed E-state index contributed by atoms with van der Waals surface area (Å²) in [5.41, 5.74) is 6.56. The van der Waals surface area contributed by atoms with Crippen LogP contribution in [0.3, 0.4) is 0 Å². The van der Waals surface area contributed by atoms with Gasteiger partial charge in [-0.2, -0.15) is 0 Å². The van der Waals surface area contributed by atoms with Gasteiger partial charge < -0.3 is 16.4 Å². The quantitative estimate of drug-likeness (QED) is 0.481. The van der Waals surface area contributed by atoms with Crippen molar-refractivity contribution in [3.8, 4) is 0 Å². The average molecular weight is 153 g/mol. The van der Waals surface area contributed by atoms with Gasteiger partial charge in [0.1, 0.15) is 0 Å². The molecule has 0 aromatic heterocycles. The van der Waals surface area contributed by atoms with Crippen molar-refractivity contribution >= 4 is 0 Å². The number of allylic oxidation sites excluding steroid dienone is 2. The van der Waals surface area contributed by atoms with Crippen molar-refractivity contribution in [2.45, 2.75) is 0 Å². The van der Waals surface area contributed by atoms with Gasteiger partial charge in [0, 0.05) is 31.9 Å². The smallest absolute Gasteiger partial charge is 0.0354 e. The van der Waals surface area contributed by atoms with Crippen molar-refractivity contribution < 1.29 is 0 Å². The predicted octanol–water partition coefficient (Wildman–Crippen LogP) is -0.422. The fourth-order valence-electron chi connectivity index (χ4n) is 0.948. The molecule has 0 unspecified atom stereocenters. The zero-order chi connectivity index (χ0) is 7.94. The summed E-state index contributed by atoms with van der Waals surface area (Å²) in [6.07, 6.45) is 6.23. The molecule has 0 bridgehead atoms. The molecule has 3 heteroatoms. The highest BCUT2D eigenvalue weighted by atomic mass is 15.0. The van der Waals surface area contributed by atoms with E-state index in [1.807, 2.05) is 0 Å². The molecule has 0 amide bonds. The highest BCUT2D eigenvalue weighted by Gasteiger charge is 1.95. The van der Waals surface area contributed by atoms with E-state index in [1.165, 1.54) is 5.70 Å². The van der Waals surface area contributed by atoms with Gasteiger partial charge in [0.2, 0.25) is 0 Å². The summed E-state index contributed by atoms with van der Waals surface area (Å²) in [6.45, 7) is 3.41. The second kappa shape index (κ2) is 4.93. The number of hydrogen-bond donors (Lipinski definition) is 3. The summed E-state index contributed by atoms with van der Waals surface area (Å²) in [7, 11) is 0. The Labute approximate surface area is 67.3 Å². The Morgan fingerprint density at radius 2 is 2.55 bits per heavy atom. The third-order valence-corrected chi connectivity index (χ3v) is 1.52. The zero-order valence-electron chi connectivity index (χ0n) is 6.64. The summed E-state index contributed by atoms with van der Waals surface area (Å²) >= 11 is 0. The van der Waals surface area contributed by atoms with Gasteiger partial charge in [-0.05, 0) is 6.08 Å². The maximum Gasteiger partial charge on any atom is 0.0354 e. The van der Waals surface area contributed by atoms with Crippen molar-refractivity contribution in [1.82, 2.24) is 10.6 Å². The highest BCUT2D eigenvalue weighted by Crippen LogP contribution is 1.93. The molecule has 0 aromatic rings. The van der Waals surface area contributed by atoms with Crippen LogP contribution in [0.2, 0.25) is 0 Å². The third-order valence-electron chi connectivity index (χ3n) is 1.52. The minimum atomic E-state index is 0.698. The molecule has 1 aliphatic rings. The normalized spacial score (nSPS) is 15.9. The molecule has 0 saturated heterocycles. The first kappa shape index (κ1) is 8.30. The number of nitrogens with two attached hydrogens (primary N) is 1. The summed E-state index contributed by atoms with van der Waals surface area (Å²) in [5.74, 6) is 0. The van der Waals surface area contributed by atoms with Crippen LogP contribution in [0.25, 0.3) is 0 Å². The van der Waals surface area contributed by atoms with Gasteiger partial charge in [-0.15, -0.1) is 0 Å². The second-order valence-electron chi connectivity index (χ2n) is 2.47. The van der Waals surface area contributed by atoms with Gasteiger partial charge in [-0.1, -0.05) is 12.2 Å². The van der Waals surface area contributed by atoms with E-state index >= 15 is 0 Å². The standard InChI is InChI=1S/C8H15N3/c9-4-6-10-7-8-3-1-2-5-11-8/h1-3,10-11H,4-7,9H2. The van der Waals surface area contributed by atoms with Gasteiger partial charge in [0.15, 0.2) is 0 Å². The lowest BCUT2D eigenvalue weighted by atomic mass is 10.3. The van der Waals surface area contributed by atoms with Gasteiger partial charge >= 0.3 is 0 Å². The fraction of sp³-hybridized carbons (Fsp3) is 0.500. The summed E-state index contributed by atoms with van der Waals surface area (Å²) in [6, 6.07) is 0. The van der Waals surface area contributed by atoms with E-state index < -0.39 is 0 Å². The number of rotatable bonds is 4. The second-order valence-corrected chi connectivity index (χ2v) is 2.47. The molecule has 0 atom stereocenters. The molecule has 62 valence electrons. The molecule has 3 nitrogen and oxygen atoms in total. The van der Waals surface area contributed by atoms with Crippen LogP contribution < -0.4 is 16.4 Å². The van der Waals surface area contributed by atoms with E-state index in [2.05, 4.69) is 28.9 Å². The molecule has 4 N–H and O–H groups in total. The molecule has 0 fully saturated rings. The summed E-state index contributed by atoms with van der Waals surface area (Å²) in [4.78, 5) is 0. The Hall–Kier alpha value is -0.800. The Balaban J connectivity index is 2.15. The first-order valence-corrected chi connectivity index (χ1v) is 3.94. The zero-order valence-corrected chi connectivity index (χ0v) is 6.64. The van der Waals surface area contributed by atoms with E-state index in [0.29, 0.717) is 6.54 Å². The molecule has 1 aliphatic heterocycles. The minimum Gasteiger partial charge on any atom is -0.384 e. The van der Waals surface area contributed by atoms with Crippen LogP contribution in [-0.2, 0) is 0 Å². The van der Waals surface area contributed by atoms with Crippen LogP contribution in [0.1, 0.15) is 0 Å². The van der Waals surface area contributed by atoms with Crippen LogP contribution in [-0.4, -0.2) is 26.2 Å². The molecule has 11 heavy (non-hydrogen) atoms. The van der Waals surface area contributed by atoms with Crippen LogP contribution in [0.5, 0.6) is 0 Å². The third kappa shape index (κ3) is 3.20. The maximum atomic E-state index is 5.33. The summed E-state index contributed by atoms with van der Waals surface area (Å²) < 4.78 is 0. The van der Waals surface area contributed by atoms with Crippen molar-refractivity contribution in [3.63, 3.8) is 0 Å². The SMILES string of the molecule is NCCNCC1=CC=CCN1. The van der Waals surface area contributed by atoms with Crippen LogP contribution in [0.4, 0.5) is 0 Å². The Morgan fingerprint density at radius 1 is 1.64 bits per heavy atom. The van der Waals surface area contributed by atoms with Crippen LogP contribution in [0, 0.1) is 0 Å². The molecule has 0 saturated carbocycles. The van der Waals surface area contributed by atoms with Gasteiger partial charge in [-0.25, -0.2) is 0 Å². The molecule has 1 rings (SSSR count). The van der Waals surface area contributed by atoms with Crippen molar-refractivity contribution in [3.05, 3.63) is 23.9 Å². The average Bonchev–Trinajstić information content (AvgIpc) is 2.07. The first-order valence-electron chi connectivity index (χ1n) is 3.94. The molecule has 0 spiro atoms. The van der Waals surface area contributed by atoms with Crippen molar-refractivity contribution in [2.75, 3.05) is 26.2 Å². The van der Waals surface area contributed by atoms with Gasteiger partial charge in [0.05, 0.1) is 0 Å². The largest absolute Gasteiger partial charge is 0.384 e. The molecular weight excluding hydrogens is 138 g/mol. The monoisotopic (exact) mass is 153 g/mol. The topological polar surface area (TPSA) is 50.1 Å².